The summed E-state index contributed by atoms with van der Waals surface area (Å²) in [5, 5.41) is 18.0. The summed E-state index contributed by atoms with van der Waals surface area (Å²) >= 11 is 0. The summed E-state index contributed by atoms with van der Waals surface area (Å²) in [5.41, 5.74) is 6.67. The number of hydrogen-bond acceptors (Lipinski definition) is 5. The van der Waals surface area contributed by atoms with Gasteiger partial charge in [0, 0.05) is 30.4 Å². The maximum atomic E-state index is 11.6. The van der Waals surface area contributed by atoms with E-state index in [4.69, 9.17) is 0 Å². The molecular weight excluding hydrogens is 400 g/mol. The third-order valence-electron chi connectivity index (χ3n) is 6.07. The van der Waals surface area contributed by atoms with Crippen LogP contribution in [0.3, 0.4) is 0 Å². The number of nitrogens with one attached hydrogen (secondary N) is 1. The number of aryl methyl sites for hydroxylation is 1. The van der Waals surface area contributed by atoms with Crippen molar-refractivity contribution < 1.29 is 0 Å². The fourth-order valence-corrected chi connectivity index (χ4v) is 4.49. The Bertz CT molecular complexity index is 1400. The maximum Gasteiger partial charge on any atom is 0.247 e. The number of pyridine rings is 1. The second-order valence-electron chi connectivity index (χ2n) is 8.16. The quantitative estimate of drug-likeness (QED) is 0.518. The van der Waals surface area contributed by atoms with E-state index in [9.17, 15) is 10.1 Å². The molecule has 1 atom stereocenters. The Morgan fingerprint density at radius 3 is 2.53 bits per heavy atom. The van der Waals surface area contributed by atoms with Crippen molar-refractivity contribution in [2.45, 2.75) is 26.7 Å². The van der Waals surface area contributed by atoms with E-state index in [-0.39, 0.29) is 11.5 Å². The van der Waals surface area contributed by atoms with E-state index >= 15 is 0 Å². The first-order valence-electron chi connectivity index (χ1n) is 10.5. The molecule has 0 bridgehead atoms. The molecule has 2 aromatic carbocycles. The molecule has 0 aliphatic carbocycles. The first-order valence-corrected chi connectivity index (χ1v) is 10.5. The average Bonchev–Trinajstić information content (AvgIpc) is 3.13. The molecule has 4 aromatic rings. The van der Waals surface area contributed by atoms with Gasteiger partial charge in [0.25, 0.3) is 0 Å². The highest BCUT2D eigenvalue weighted by Gasteiger charge is 2.30. The molecule has 32 heavy (non-hydrogen) atoms. The Hall–Kier alpha value is -4.18. The van der Waals surface area contributed by atoms with Crippen molar-refractivity contribution in [3.05, 3.63) is 87.9 Å². The summed E-state index contributed by atoms with van der Waals surface area (Å²) in [6, 6.07) is 17.4. The van der Waals surface area contributed by atoms with Gasteiger partial charge in [-0.15, -0.1) is 10.2 Å². The van der Waals surface area contributed by atoms with Gasteiger partial charge in [-0.3, -0.25) is 9.36 Å². The molecular formula is C25H22N6O. The zero-order chi connectivity index (χ0) is 22.4. The molecule has 0 radical (unpaired) electrons. The number of H-pyrrole nitrogens is 1. The van der Waals surface area contributed by atoms with Gasteiger partial charge in [-0.25, -0.2) is 0 Å². The van der Waals surface area contributed by atoms with Crippen molar-refractivity contribution in [3.63, 3.8) is 0 Å². The van der Waals surface area contributed by atoms with Gasteiger partial charge in [0.1, 0.15) is 11.6 Å². The van der Waals surface area contributed by atoms with Crippen molar-refractivity contribution in [2.75, 3.05) is 11.4 Å². The lowest BCUT2D eigenvalue weighted by atomic mass is 9.98. The SMILES string of the molecule is Cc1c(-c2ccc(=O)[nH]c2)ccc2c1N(c1ccc(C#N)cc1)C[C@@H](C)c1nnc(C)n1-2. The van der Waals surface area contributed by atoms with Gasteiger partial charge in [-0.1, -0.05) is 13.0 Å². The third kappa shape index (κ3) is 3.08. The van der Waals surface area contributed by atoms with E-state index in [0.717, 1.165) is 45.4 Å². The Labute approximate surface area is 185 Å². The van der Waals surface area contributed by atoms with Crippen molar-refractivity contribution in [1.82, 2.24) is 19.7 Å². The molecule has 0 amide bonds. The Kier molecular flexibility index (Phi) is 4.63. The highest BCUT2D eigenvalue weighted by molar-refractivity contribution is 5.84. The zero-order valence-electron chi connectivity index (χ0n) is 18.1. The van der Waals surface area contributed by atoms with Crippen LogP contribution in [0.4, 0.5) is 11.4 Å². The third-order valence-corrected chi connectivity index (χ3v) is 6.07. The summed E-state index contributed by atoms with van der Waals surface area (Å²) in [6.45, 7) is 6.94. The maximum absolute atomic E-state index is 11.6. The number of aromatic amines is 1. The molecule has 0 saturated carbocycles. The number of fused-ring (bicyclic) bond motifs is 3. The summed E-state index contributed by atoms with van der Waals surface area (Å²) < 4.78 is 2.13. The minimum Gasteiger partial charge on any atom is -0.339 e. The topological polar surface area (TPSA) is 90.6 Å². The van der Waals surface area contributed by atoms with Crippen molar-refractivity contribution >= 4 is 11.4 Å². The molecule has 0 saturated heterocycles. The number of rotatable bonds is 2. The van der Waals surface area contributed by atoms with Crippen LogP contribution in [-0.2, 0) is 0 Å². The number of nitrogens with zero attached hydrogens (tertiary/aromatic N) is 5. The Balaban J connectivity index is 1.78. The van der Waals surface area contributed by atoms with Gasteiger partial charge < -0.3 is 9.88 Å². The summed E-state index contributed by atoms with van der Waals surface area (Å²) in [6.07, 6.45) is 1.75. The lowest BCUT2D eigenvalue weighted by Gasteiger charge is -2.29. The van der Waals surface area contributed by atoms with Crippen molar-refractivity contribution in [3.8, 4) is 22.9 Å². The van der Waals surface area contributed by atoms with Crippen LogP contribution in [0.1, 0.15) is 35.6 Å². The van der Waals surface area contributed by atoms with Crippen LogP contribution in [0.5, 0.6) is 0 Å². The number of nitriles is 1. The zero-order valence-corrected chi connectivity index (χ0v) is 18.1. The van der Waals surface area contributed by atoms with Gasteiger partial charge in [0.15, 0.2) is 0 Å². The van der Waals surface area contributed by atoms with E-state index in [1.54, 1.807) is 12.3 Å². The molecule has 1 aliphatic rings. The van der Waals surface area contributed by atoms with E-state index < -0.39 is 0 Å². The molecule has 1 N–H and O–H groups in total. The largest absolute Gasteiger partial charge is 0.339 e. The summed E-state index contributed by atoms with van der Waals surface area (Å²) in [5.74, 6) is 1.90. The van der Waals surface area contributed by atoms with Crippen LogP contribution < -0.4 is 10.5 Å². The normalized spacial score (nSPS) is 14.9. The fourth-order valence-electron chi connectivity index (χ4n) is 4.49. The molecule has 0 spiro atoms. The van der Waals surface area contributed by atoms with Gasteiger partial charge in [-0.05, 0) is 66.9 Å². The molecule has 1 aliphatic heterocycles. The molecule has 0 unspecified atom stereocenters. The molecule has 0 fully saturated rings. The highest BCUT2D eigenvalue weighted by Crippen LogP contribution is 2.43. The average molecular weight is 422 g/mol. The molecule has 3 heterocycles. The lowest BCUT2D eigenvalue weighted by molar-refractivity contribution is 0.695. The second-order valence-corrected chi connectivity index (χ2v) is 8.16. The monoisotopic (exact) mass is 422 g/mol. The molecule has 2 aromatic heterocycles. The van der Waals surface area contributed by atoms with Crippen LogP contribution in [0, 0.1) is 25.2 Å². The van der Waals surface area contributed by atoms with E-state index in [1.165, 1.54) is 0 Å². The Morgan fingerprint density at radius 1 is 1.06 bits per heavy atom. The van der Waals surface area contributed by atoms with Crippen LogP contribution in [0.25, 0.3) is 16.8 Å². The number of anilines is 2. The lowest BCUT2D eigenvalue weighted by Crippen LogP contribution is -2.23. The van der Waals surface area contributed by atoms with Crippen molar-refractivity contribution in [1.29, 1.82) is 5.26 Å². The van der Waals surface area contributed by atoms with Crippen LogP contribution in [-0.4, -0.2) is 26.3 Å². The molecule has 158 valence electrons. The fraction of sp³-hybridized carbons (Fsp3) is 0.200. The minimum atomic E-state index is -0.126. The minimum absolute atomic E-state index is 0.126. The predicted octanol–water partition coefficient (Wildman–Crippen LogP) is 4.37. The molecule has 5 rings (SSSR count). The van der Waals surface area contributed by atoms with E-state index in [1.807, 2.05) is 37.3 Å². The molecule has 7 heteroatoms. The number of benzene rings is 2. The van der Waals surface area contributed by atoms with E-state index in [2.05, 4.69) is 56.7 Å². The summed E-state index contributed by atoms with van der Waals surface area (Å²) in [7, 11) is 0. The number of hydrogen-bond donors (Lipinski definition) is 1. The van der Waals surface area contributed by atoms with Crippen LogP contribution in [0.15, 0.2) is 59.5 Å². The van der Waals surface area contributed by atoms with Crippen molar-refractivity contribution in [2.24, 2.45) is 0 Å². The van der Waals surface area contributed by atoms with Crippen LogP contribution >= 0.6 is 0 Å². The van der Waals surface area contributed by atoms with Crippen LogP contribution in [0.2, 0.25) is 0 Å². The second kappa shape index (κ2) is 7.50. The number of aromatic nitrogens is 4. The summed E-state index contributed by atoms with van der Waals surface area (Å²) in [4.78, 5) is 16.7. The van der Waals surface area contributed by atoms with E-state index in [0.29, 0.717) is 12.1 Å². The Morgan fingerprint density at radius 2 is 1.84 bits per heavy atom. The first kappa shape index (κ1) is 19.8. The predicted molar refractivity (Wildman–Crippen MR) is 123 cm³/mol. The smallest absolute Gasteiger partial charge is 0.247 e. The van der Waals surface area contributed by atoms with Gasteiger partial charge in [0.05, 0.1) is 23.0 Å². The van der Waals surface area contributed by atoms with Gasteiger partial charge in [0.2, 0.25) is 5.56 Å². The highest BCUT2D eigenvalue weighted by atomic mass is 16.1. The van der Waals surface area contributed by atoms with Gasteiger partial charge in [-0.2, -0.15) is 5.26 Å². The van der Waals surface area contributed by atoms with Gasteiger partial charge >= 0.3 is 0 Å². The standard InChI is InChI=1S/C25H22N6O/c1-15-14-30(20-7-4-18(12-26)5-8-20)24-16(2)21(19-6-11-23(32)27-13-19)9-10-22(24)31-17(3)28-29-25(15)31/h4-11,13,15H,14H2,1-3H3,(H,27,32)/t15-/m1/s1. The first-order chi connectivity index (χ1) is 15.5. The molecule has 7 nitrogen and oxygen atoms in total.